The van der Waals surface area contributed by atoms with Gasteiger partial charge in [0.05, 0.1) is 10.5 Å². The SMILES string of the molecule is Clc1cc2[nH]c(-c3cccc(I)c3)nc2nc1Cl. The zero-order valence-electron chi connectivity index (χ0n) is 8.92. The smallest absolute Gasteiger partial charge is 0.179 e. The molecule has 0 atom stereocenters. The summed E-state index contributed by atoms with van der Waals surface area (Å²) in [6, 6.07) is 9.78. The summed E-state index contributed by atoms with van der Waals surface area (Å²) >= 11 is 14.1. The molecule has 6 heteroatoms. The Morgan fingerprint density at radius 1 is 1.11 bits per heavy atom. The van der Waals surface area contributed by atoms with Crippen molar-refractivity contribution in [3.63, 3.8) is 0 Å². The van der Waals surface area contributed by atoms with E-state index >= 15 is 0 Å². The number of nitrogens with zero attached hydrogens (tertiary/aromatic N) is 2. The summed E-state index contributed by atoms with van der Waals surface area (Å²) in [7, 11) is 0. The number of halogens is 3. The normalized spacial score (nSPS) is 11.1. The molecule has 0 aliphatic carbocycles. The first kappa shape index (κ1) is 12.2. The number of hydrogen-bond acceptors (Lipinski definition) is 2. The molecule has 1 aromatic carbocycles. The molecule has 18 heavy (non-hydrogen) atoms. The van der Waals surface area contributed by atoms with E-state index < -0.39 is 0 Å². The van der Waals surface area contributed by atoms with Gasteiger partial charge in [0.15, 0.2) is 5.65 Å². The molecule has 2 heterocycles. The lowest BCUT2D eigenvalue weighted by Gasteiger charge is -1.96. The van der Waals surface area contributed by atoms with Crippen molar-refractivity contribution in [2.45, 2.75) is 0 Å². The van der Waals surface area contributed by atoms with Gasteiger partial charge < -0.3 is 4.98 Å². The van der Waals surface area contributed by atoms with Gasteiger partial charge in [-0.25, -0.2) is 9.97 Å². The molecule has 0 aliphatic heterocycles. The first-order valence-electron chi connectivity index (χ1n) is 5.11. The van der Waals surface area contributed by atoms with Crippen LogP contribution in [0.25, 0.3) is 22.6 Å². The summed E-state index contributed by atoms with van der Waals surface area (Å²) < 4.78 is 1.15. The van der Waals surface area contributed by atoms with Crippen molar-refractivity contribution in [3.8, 4) is 11.4 Å². The van der Waals surface area contributed by atoms with Crippen molar-refractivity contribution in [2.24, 2.45) is 0 Å². The Balaban J connectivity index is 2.19. The number of imidazole rings is 1. The third-order valence-corrected chi connectivity index (χ3v) is 3.83. The molecule has 0 unspecified atom stereocenters. The zero-order chi connectivity index (χ0) is 12.7. The molecule has 0 saturated carbocycles. The van der Waals surface area contributed by atoms with Gasteiger partial charge in [-0.2, -0.15) is 0 Å². The van der Waals surface area contributed by atoms with Crippen LogP contribution in [0.4, 0.5) is 0 Å². The highest BCUT2D eigenvalue weighted by molar-refractivity contribution is 14.1. The molecule has 0 saturated heterocycles. The first-order valence-corrected chi connectivity index (χ1v) is 6.94. The van der Waals surface area contributed by atoms with Crippen LogP contribution in [0.1, 0.15) is 0 Å². The number of aromatic amines is 1. The molecular weight excluding hydrogens is 384 g/mol. The van der Waals surface area contributed by atoms with Crippen LogP contribution in [0.5, 0.6) is 0 Å². The number of fused-ring (bicyclic) bond motifs is 1. The Hall–Kier alpha value is -0.850. The minimum absolute atomic E-state index is 0.268. The lowest BCUT2D eigenvalue weighted by Crippen LogP contribution is -1.81. The Morgan fingerprint density at radius 3 is 2.72 bits per heavy atom. The van der Waals surface area contributed by atoms with Crippen LogP contribution >= 0.6 is 45.8 Å². The van der Waals surface area contributed by atoms with E-state index in [0.29, 0.717) is 10.7 Å². The van der Waals surface area contributed by atoms with Gasteiger partial charge in [0.25, 0.3) is 0 Å². The summed E-state index contributed by atoms with van der Waals surface area (Å²) in [5.41, 5.74) is 2.35. The number of aromatic nitrogens is 3. The standard InChI is InChI=1S/C12H6Cl2IN3/c13-8-5-9-12(17-10(8)14)18-11(16-9)6-2-1-3-7(15)4-6/h1-5H,(H,16,17,18). The van der Waals surface area contributed by atoms with Crippen LogP contribution < -0.4 is 0 Å². The fraction of sp³-hybridized carbons (Fsp3) is 0. The van der Waals surface area contributed by atoms with E-state index in [0.717, 1.165) is 20.5 Å². The Bertz CT molecular complexity index is 700. The molecule has 1 N–H and O–H groups in total. The average molecular weight is 390 g/mol. The molecule has 0 bridgehead atoms. The molecule has 90 valence electrons. The Labute approximate surface area is 127 Å². The van der Waals surface area contributed by atoms with E-state index in [1.807, 2.05) is 24.3 Å². The molecule has 3 aromatic rings. The molecule has 3 rings (SSSR count). The maximum atomic E-state index is 5.92. The monoisotopic (exact) mass is 389 g/mol. The predicted octanol–water partition coefficient (Wildman–Crippen LogP) is 4.54. The number of rotatable bonds is 1. The summed E-state index contributed by atoms with van der Waals surface area (Å²) in [4.78, 5) is 11.7. The molecule has 0 radical (unpaired) electrons. The van der Waals surface area contributed by atoms with Crippen LogP contribution in [0.2, 0.25) is 10.2 Å². The number of pyridine rings is 1. The van der Waals surface area contributed by atoms with E-state index in [4.69, 9.17) is 23.2 Å². The van der Waals surface area contributed by atoms with Gasteiger partial charge in [-0.3, -0.25) is 0 Å². The molecular formula is C12H6Cl2IN3. The van der Waals surface area contributed by atoms with E-state index in [-0.39, 0.29) is 5.15 Å². The highest BCUT2D eigenvalue weighted by Crippen LogP contribution is 2.26. The maximum absolute atomic E-state index is 5.92. The summed E-state index contributed by atoms with van der Waals surface area (Å²) in [5, 5.41) is 0.687. The van der Waals surface area contributed by atoms with Crippen LogP contribution in [0, 0.1) is 3.57 Å². The third-order valence-electron chi connectivity index (χ3n) is 2.48. The van der Waals surface area contributed by atoms with E-state index in [9.17, 15) is 0 Å². The predicted molar refractivity (Wildman–Crippen MR) is 82.1 cm³/mol. The number of benzene rings is 1. The van der Waals surface area contributed by atoms with Gasteiger partial charge in [-0.1, -0.05) is 35.3 Å². The van der Waals surface area contributed by atoms with Crippen molar-refractivity contribution in [1.82, 2.24) is 15.0 Å². The largest absolute Gasteiger partial charge is 0.337 e. The highest BCUT2D eigenvalue weighted by atomic mass is 127. The van der Waals surface area contributed by atoms with Gasteiger partial charge in [0.2, 0.25) is 0 Å². The Morgan fingerprint density at radius 2 is 1.94 bits per heavy atom. The van der Waals surface area contributed by atoms with E-state index in [1.165, 1.54) is 0 Å². The Kier molecular flexibility index (Phi) is 3.17. The minimum atomic E-state index is 0.268. The van der Waals surface area contributed by atoms with Crippen molar-refractivity contribution >= 4 is 57.0 Å². The summed E-state index contributed by atoms with van der Waals surface area (Å²) in [6.07, 6.45) is 0. The second-order valence-electron chi connectivity index (χ2n) is 3.73. The van der Waals surface area contributed by atoms with E-state index in [2.05, 4.69) is 37.5 Å². The van der Waals surface area contributed by atoms with Crippen molar-refractivity contribution in [1.29, 1.82) is 0 Å². The lowest BCUT2D eigenvalue weighted by molar-refractivity contribution is 1.30. The summed E-state index contributed by atoms with van der Waals surface area (Å²) in [5.74, 6) is 0.759. The topological polar surface area (TPSA) is 41.6 Å². The molecule has 0 amide bonds. The zero-order valence-corrected chi connectivity index (χ0v) is 12.6. The molecule has 3 nitrogen and oxygen atoms in total. The third kappa shape index (κ3) is 2.20. The van der Waals surface area contributed by atoms with E-state index in [1.54, 1.807) is 6.07 Å². The molecule has 0 spiro atoms. The van der Waals surface area contributed by atoms with Crippen LogP contribution in [0.15, 0.2) is 30.3 Å². The van der Waals surface area contributed by atoms with Gasteiger partial charge in [0.1, 0.15) is 11.0 Å². The molecule has 0 fully saturated rings. The van der Waals surface area contributed by atoms with Crippen LogP contribution in [0.3, 0.4) is 0 Å². The van der Waals surface area contributed by atoms with Crippen LogP contribution in [-0.4, -0.2) is 15.0 Å². The van der Waals surface area contributed by atoms with Crippen molar-refractivity contribution in [3.05, 3.63) is 44.1 Å². The minimum Gasteiger partial charge on any atom is -0.337 e. The number of hydrogen-bond donors (Lipinski definition) is 1. The number of H-pyrrole nitrogens is 1. The second-order valence-corrected chi connectivity index (χ2v) is 5.74. The fourth-order valence-corrected chi connectivity index (χ4v) is 2.50. The molecule has 0 aliphatic rings. The van der Waals surface area contributed by atoms with Gasteiger partial charge in [-0.15, -0.1) is 0 Å². The highest BCUT2D eigenvalue weighted by Gasteiger charge is 2.09. The van der Waals surface area contributed by atoms with Crippen molar-refractivity contribution < 1.29 is 0 Å². The van der Waals surface area contributed by atoms with Gasteiger partial charge >= 0.3 is 0 Å². The van der Waals surface area contributed by atoms with Crippen molar-refractivity contribution in [2.75, 3.05) is 0 Å². The average Bonchev–Trinajstić information content (AvgIpc) is 2.73. The quantitative estimate of drug-likeness (QED) is 0.490. The second kappa shape index (κ2) is 4.68. The van der Waals surface area contributed by atoms with Gasteiger partial charge in [0, 0.05) is 9.13 Å². The fourth-order valence-electron chi connectivity index (χ4n) is 1.67. The van der Waals surface area contributed by atoms with Crippen LogP contribution in [-0.2, 0) is 0 Å². The van der Waals surface area contributed by atoms with Gasteiger partial charge in [-0.05, 0) is 40.8 Å². The molecule has 2 aromatic heterocycles. The summed E-state index contributed by atoms with van der Waals surface area (Å²) in [6.45, 7) is 0. The number of nitrogens with one attached hydrogen (secondary N) is 1. The lowest BCUT2D eigenvalue weighted by atomic mass is 10.2. The maximum Gasteiger partial charge on any atom is 0.179 e. The first-order chi connectivity index (χ1) is 8.63.